The molecule has 3 atom stereocenters. The fourth-order valence-electron chi connectivity index (χ4n) is 7.17. The average Bonchev–Trinajstić information content (AvgIpc) is 3.34. The topological polar surface area (TPSA) is 172 Å². The van der Waals surface area contributed by atoms with Crippen LogP contribution < -0.4 is 5.73 Å². The van der Waals surface area contributed by atoms with Gasteiger partial charge in [-0.2, -0.15) is 0 Å². The number of allylic oxidation sites excluding steroid dienone is 16. The lowest BCUT2D eigenvalue weighted by molar-refractivity contribution is -0.161. The van der Waals surface area contributed by atoms with Crippen LogP contribution in [0.3, 0.4) is 0 Å². The van der Waals surface area contributed by atoms with E-state index in [1.165, 1.54) is 77.0 Å². The summed E-state index contributed by atoms with van der Waals surface area (Å²) in [5, 5.41) is 8.94. The number of phosphoric acid groups is 1. The summed E-state index contributed by atoms with van der Waals surface area (Å²) in [4.78, 5) is 46.3. The zero-order chi connectivity index (χ0) is 51.3. The summed E-state index contributed by atoms with van der Waals surface area (Å²) in [5.74, 6) is -2.39. The SMILES string of the molecule is CC/C=C\C/C=C\C/C=C\C/C=C\CCCCCCCCCCCCC(=O)OCC(COP(=O)(O)OCC(N)C(=O)O)OC(=O)CCCCCCCCCCCC/C=C\C/C=C\C/C=C\C/C=C\CC. The van der Waals surface area contributed by atoms with Gasteiger partial charge in [0.2, 0.25) is 0 Å². The molecule has 12 heteroatoms. The number of carbonyl (C=O) groups is 3. The predicted octanol–water partition coefficient (Wildman–Crippen LogP) is 16.0. The first-order valence-electron chi connectivity index (χ1n) is 27.3. The summed E-state index contributed by atoms with van der Waals surface area (Å²) in [6, 6.07) is -1.53. The second kappa shape index (κ2) is 51.7. The Bertz CT molecular complexity index is 1550. The van der Waals surface area contributed by atoms with E-state index in [4.69, 9.17) is 29.4 Å². The molecule has 0 aliphatic rings. The van der Waals surface area contributed by atoms with Gasteiger partial charge in [0.15, 0.2) is 6.10 Å². The second-order valence-electron chi connectivity index (χ2n) is 18.0. The van der Waals surface area contributed by atoms with Crippen LogP contribution >= 0.6 is 7.82 Å². The standard InChI is InChI=1S/C58H98NO10P/c1-3-5-7-9-11-13-15-17-19-21-23-25-27-29-31-33-35-37-39-41-43-45-47-49-56(60)66-51-54(52-67-70(64,65)68-53-55(59)58(62)63)69-57(61)50-48-46-44-42-40-38-36-34-32-30-28-26-24-22-20-18-16-14-12-10-8-6-4-2/h5-8,11-14,17-20,23-26,54-55H,3-4,9-10,15-16,21-22,27-53,59H2,1-2H3,(H,62,63)(H,64,65)/b7-5-,8-6-,13-11-,14-12-,19-17-,20-18-,25-23-,26-24-. The van der Waals surface area contributed by atoms with Gasteiger partial charge in [-0.3, -0.25) is 23.4 Å². The Morgan fingerprint density at radius 3 is 1.13 bits per heavy atom. The molecule has 0 saturated heterocycles. The maximum atomic E-state index is 12.7. The Morgan fingerprint density at radius 1 is 0.443 bits per heavy atom. The molecule has 4 N–H and O–H groups in total. The Morgan fingerprint density at radius 2 is 0.757 bits per heavy atom. The first kappa shape index (κ1) is 66.4. The lowest BCUT2D eigenvalue weighted by Gasteiger charge is -2.20. The van der Waals surface area contributed by atoms with Crippen molar-refractivity contribution in [3.8, 4) is 0 Å². The van der Waals surface area contributed by atoms with Crippen molar-refractivity contribution < 1.29 is 47.5 Å². The minimum absolute atomic E-state index is 0.150. The number of esters is 2. The normalized spacial score (nSPS) is 14.2. The van der Waals surface area contributed by atoms with Crippen molar-refractivity contribution in [1.29, 1.82) is 0 Å². The van der Waals surface area contributed by atoms with Gasteiger partial charge < -0.3 is 25.2 Å². The summed E-state index contributed by atoms with van der Waals surface area (Å²) in [6.45, 7) is 2.59. The van der Waals surface area contributed by atoms with Crippen molar-refractivity contribution >= 4 is 25.7 Å². The second-order valence-corrected chi connectivity index (χ2v) is 19.4. The van der Waals surface area contributed by atoms with Crippen molar-refractivity contribution in [3.05, 3.63) is 97.2 Å². The number of carbonyl (C=O) groups excluding carboxylic acids is 2. The van der Waals surface area contributed by atoms with Crippen LogP contribution in [0.2, 0.25) is 0 Å². The first-order chi connectivity index (χ1) is 34.1. The highest BCUT2D eigenvalue weighted by molar-refractivity contribution is 7.47. The molecule has 0 aromatic heterocycles. The molecule has 11 nitrogen and oxygen atoms in total. The smallest absolute Gasteiger partial charge is 0.472 e. The number of carboxylic acids is 1. The summed E-state index contributed by atoms with van der Waals surface area (Å²) in [7, 11) is -4.73. The van der Waals surface area contributed by atoms with Crippen molar-refractivity contribution in [1.82, 2.24) is 0 Å². The van der Waals surface area contributed by atoms with Gasteiger partial charge in [-0.25, -0.2) is 4.57 Å². The Labute approximate surface area is 425 Å². The number of rotatable bonds is 50. The van der Waals surface area contributed by atoms with Gasteiger partial charge in [0.1, 0.15) is 12.6 Å². The molecular weight excluding hydrogens is 902 g/mol. The van der Waals surface area contributed by atoms with Gasteiger partial charge in [-0.15, -0.1) is 0 Å². The number of hydrogen-bond acceptors (Lipinski definition) is 9. The van der Waals surface area contributed by atoms with Crippen LogP contribution in [0.25, 0.3) is 0 Å². The molecule has 400 valence electrons. The zero-order valence-corrected chi connectivity index (χ0v) is 44.7. The van der Waals surface area contributed by atoms with Crippen LogP contribution in [0, 0.1) is 0 Å². The van der Waals surface area contributed by atoms with E-state index in [1.807, 2.05) is 0 Å². The highest BCUT2D eigenvalue weighted by atomic mass is 31.2. The fraction of sp³-hybridized carbons (Fsp3) is 0.672. The maximum absolute atomic E-state index is 12.7. The molecule has 0 amide bonds. The summed E-state index contributed by atoms with van der Waals surface area (Å²) in [5.41, 5.74) is 5.36. The minimum Gasteiger partial charge on any atom is -0.480 e. The number of phosphoric ester groups is 1. The minimum atomic E-state index is -4.73. The van der Waals surface area contributed by atoms with Gasteiger partial charge in [0.05, 0.1) is 13.2 Å². The van der Waals surface area contributed by atoms with Crippen molar-refractivity contribution in [3.63, 3.8) is 0 Å². The third-order valence-corrected chi connectivity index (χ3v) is 12.3. The number of carboxylic acid groups (broad SMARTS) is 1. The maximum Gasteiger partial charge on any atom is 0.472 e. The molecule has 3 unspecified atom stereocenters. The quantitative estimate of drug-likeness (QED) is 0.0229. The van der Waals surface area contributed by atoms with Crippen LogP contribution in [0.15, 0.2) is 97.2 Å². The average molecular weight is 1000 g/mol. The lowest BCUT2D eigenvalue weighted by Crippen LogP contribution is -2.34. The van der Waals surface area contributed by atoms with Crippen LogP contribution in [0.4, 0.5) is 0 Å². The van der Waals surface area contributed by atoms with Crippen LogP contribution in [-0.4, -0.2) is 59.9 Å². The van der Waals surface area contributed by atoms with E-state index < -0.39 is 51.1 Å². The Balaban J connectivity index is 4.23. The predicted molar refractivity (Wildman–Crippen MR) is 290 cm³/mol. The Hall–Kier alpha value is -3.60. The largest absolute Gasteiger partial charge is 0.480 e. The molecule has 0 aliphatic carbocycles. The van der Waals surface area contributed by atoms with E-state index in [0.717, 1.165) is 103 Å². The van der Waals surface area contributed by atoms with Crippen molar-refractivity contribution in [2.24, 2.45) is 5.73 Å². The molecule has 0 fully saturated rings. The van der Waals surface area contributed by atoms with Crippen LogP contribution in [0.1, 0.15) is 219 Å². The molecule has 0 aliphatic heterocycles. The number of ether oxygens (including phenoxy) is 2. The number of unbranched alkanes of at least 4 members (excludes halogenated alkanes) is 20. The molecule has 0 radical (unpaired) electrons. The van der Waals surface area contributed by atoms with Gasteiger partial charge in [0.25, 0.3) is 0 Å². The monoisotopic (exact) mass is 1000 g/mol. The van der Waals surface area contributed by atoms with E-state index >= 15 is 0 Å². The lowest BCUT2D eigenvalue weighted by atomic mass is 10.0. The van der Waals surface area contributed by atoms with E-state index in [0.29, 0.717) is 12.8 Å². The van der Waals surface area contributed by atoms with Gasteiger partial charge >= 0.3 is 25.7 Å². The first-order valence-corrected chi connectivity index (χ1v) is 28.8. The van der Waals surface area contributed by atoms with Crippen molar-refractivity contribution in [2.45, 2.75) is 231 Å². The molecule has 0 saturated carbocycles. The highest BCUT2D eigenvalue weighted by Gasteiger charge is 2.28. The molecular formula is C58H98NO10P. The summed E-state index contributed by atoms with van der Waals surface area (Å²) < 4.78 is 32.9. The zero-order valence-electron chi connectivity index (χ0n) is 43.8. The summed E-state index contributed by atoms with van der Waals surface area (Å²) >= 11 is 0. The molecule has 0 bridgehead atoms. The Kier molecular flexibility index (Phi) is 49.1. The number of hydrogen-bond donors (Lipinski definition) is 3. The number of nitrogens with two attached hydrogens (primary N) is 1. The molecule has 0 aromatic carbocycles. The fourth-order valence-corrected chi connectivity index (χ4v) is 7.94. The number of aliphatic carboxylic acids is 1. The van der Waals surface area contributed by atoms with E-state index in [1.54, 1.807) is 0 Å². The molecule has 70 heavy (non-hydrogen) atoms. The molecule has 0 rings (SSSR count). The van der Waals surface area contributed by atoms with E-state index in [-0.39, 0.29) is 19.4 Å². The van der Waals surface area contributed by atoms with Gasteiger partial charge in [-0.05, 0) is 89.9 Å². The molecule has 0 spiro atoms. The third-order valence-electron chi connectivity index (χ3n) is 11.3. The third kappa shape index (κ3) is 50.8. The summed E-state index contributed by atoms with van der Waals surface area (Å²) in [6.07, 6.45) is 67.5. The van der Waals surface area contributed by atoms with Crippen LogP contribution in [-0.2, 0) is 37.5 Å². The molecule has 0 aromatic rings. The highest BCUT2D eigenvalue weighted by Crippen LogP contribution is 2.43. The van der Waals surface area contributed by atoms with Gasteiger partial charge in [0, 0.05) is 12.8 Å². The van der Waals surface area contributed by atoms with Gasteiger partial charge in [-0.1, -0.05) is 214 Å². The van der Waals surface area contributed by atoms with E-state index in [2.05, 4.69) is 111 Å². The molecule has 0 heterocycles. The van der Waals surface area contributed by atoms with Crippen LogP contribution in [0.5, 0.6) is 0 Å². The van der Waals surface area contributed by atoms with E-state index in [9.17, 15) is 23.8 Å². The van der Waals surface area contributed by atoms with Crippen molar-refractivity contribution in [2.75, 3.05) is 19.8 Å².